The molecule has 0 radical (unpaired) electrons. The highest BCUT2D eigenvalue weighted by Crippen LogP contribution is 2.25. The van der Waals surface area contributed by atoms with Crippen molar-refractivity contribution in [2.24, 2.45) is 0 Å². The molecule has 6 nitrogen and oxygen atoms in total. The second-order valence-electron chi connectivity index (χ2n) is 6.66. The minimum Gasteiger partial charge on any atom is -0.359 e. The van der Waals surface area contributed by atoms with Gasteiger partial charge in [-0.25, -0.2) is 0 Å². The Morgan fingerprint density at radius 1 is 0.897 bits per heavy atom. The fourth-order valence-corrected chi connectivity index (χ4v) is 3.23. The Balaban J connectivity index is 1.33. The molecule has 0 aliphatic carbocycles. The smallest absolute Gasteiger partial charge is 0.246 e. The van der Waals surface area contributed by atoms with Crippen LogP contribution < -0.4 is 5.32 Å². The van der Waals surface area contributed by atoms with Crippen molar-refractivity contribution < 1.29 is 9.53 Å². The van der Waals surface area contributed by atoms with E-state index in [2.05, 4.69) is 15.5 Å². The van der Waals surface area contributed by atoms with Crippen molar-refractivity contribution in [3.8, 4) is 0 Å². The van der Waals surface area contributed by atoms with E-state index in [0.717, 1.165) is 22.6 Å². The van der Waals surface area contributed by atoms with Gasteiger partial charge in [0, 0.05) is 19.2 Å². The van der Waals surface area contributed by atoms with E-state index in [0.29, 0.717) is 13.0 Å². The molecule has 1 amide bonds. The average Bonchev–Trinajstić information content (AvgIpc) is 3.19. The molecule has 0 bridgehead atoms. The van der Waals surface area contributed by atoms with E-state index in [1.807, 2.05) is 89.5 Å². The number of carbonyl (C=O) groups is 1. The lowest BCUT2D eigenvalue weighted by Crippen LogP contribution is -2.30. The van der Waals surface area contributed by atoms with Crippen molar-refractivity contribution in [1.82, 2.24) is 19.9 Å². The number of fused-ring (bicyclic) bond motifs is 1. The Kier molecular flexibility index (Phi) is 5.92. The third-order valence-electron chi connectivity index (χ3n) is 4.64. The van der Waals surface area contributed by atoms with Gasteiger partial charge in [-0.1, -0.05) is 66.7 Å². The molecule has 1 N–H and O–H groups in total. The monoisotopic (exact) mass is 386 g/mol. The molecule has 0 spiro atoms. The van der Waals surface area contributed by atoms with Crippen LogP contribution in [0.15, 0.2) is 85.1 Å². The van der Waals surface area contributed by atoms with Crippen molar-refractivity contribution in [1.29, 1.82) is 0 Å². The third kappa shape index (κ3) is 4.67. The number of aromatic nitrogens is 3. The molecule has 2 aromatic heterocycles. The maximum absolute atomic E-state index is 12.3. The SMILES string of the molecule is O=C(COC(c1ccccc1)c1ccccc1)NCCc1nnc2ccccn12. The van der Waals surface area contributed by atoms with Crippen LogP contribution in [0.5, 0.6) is 0 Å². The summed E-state index contributed by atoms with van der Waals surface area (Å²) < 4.78 is 7.91. The summed E-state index contributed by atoms with van der Waals surface area (Å²) in [5.41, 5.74) is 2.83. The van der Waals surface area contributed by atoms with Gasteiger partial charge in [-0.05, 0) is 23.3 Å². The van der Waals surface area contributed by atoms with Crippen molar-refractivity contribution in [3.05, 3.63) is 102 Å². The van der Waals surface area contributed by atoms with Gasteiger partial charge in [0.1, 0.15) is 18.5 Å². The Morgan fingerprint density at radius 3 is 2.24 bits per heavy atom. The molecule has 0 saturated carbocycles. The minimum absolute atomic E-state index is 0.0188. The molecule has 0 saturated heterocycles. The van der Waals surface area contributed by atoms with E-state index in [4.69, 9.17) is 4.74 Å². The normalized spacial score (nSPS) is 11.1. The lowest BCUT2D eigenvalue weighted by Gasteiger charge is -2.18. The van der Waals surface area contributed by atoms with Gasteiger partial charge in [-0.3, -0.25) is 9.20 Å². The van der Waals surface area contributed by atoms with Gasteiger partial charge in [0.2, 0.25) is 5.91 Å². The zero-order valence-electron chi connectivity index (χ0n) is 15.9. The van der Waals surface area contributed by atoms with Crippen LogP contribution in [-0.2, 0) is 16.0 Å². The molecule has 4 aromatic rings. The molecule has 0 fully saturated rings. The summed E-state index contributed by atoms with van der Waals surface area (Å²) in [5, 5.41) is 11.2. The number of nitrogens with zero attached hydrogens (tertiary/aromatic N) is 3. The minimum atomic E-state index is -0.288. The van der Waals surface area contributed by atoms with Gasteiger partial charge in [-0.2, -0.15) is 0 Å². The Hall–Kier alpha value is -3.51. The van der Waals surface area contributed by atoms with Crippen molar-refractivity contribution in [3.63, 3.8) is 0 Å². The predicted octanol–water partition coefficient (Wildman–Crippen LogP) is 3.19. The van der Waals surface area contributed by atoms with Gasteiger partial charge >= 0.3 is 0 Å². The van der Waals surface area contributed by atoms with Crippen LogP contribution in [0.2, 0.25) is 0 Å². The van der Waals surface area contributed by atoms with Crippen LogP contribution in [0.25, 0.3) is 5.65 Å². The third-order valence-corrected chi connectivity index (χ3v) is 4.64. The van der Waals surface area contributed by atoms with Crippen LogP contribution in [0.3, 0.4) is 0 Å². The lowest BCUT2D eigenvalue weighted by molar-refractivity contribution is -0.127. The van der Waals surface area contributed by atoms with Crippen LogP contribution in [-0.4, -0.2) is 33.7 Å². The topological polar surface area (TPSA) is 68.5 Å². The molecule has 0 unspecified atom stereocenters. The van der Waals surface area contributed by atoms with Crippen LogP contribution in [0, 0.1) is 0 Å². The highest BCUT2D eigenvalue weighted by atomic mass is 16.5. The number of hydrogen-bond acceptors (Lipinski definition) is 4. The highest BCUT2D eigenvalue weighted by molar-refractivity contribution is 5.77. The number of ether oxygens (including phenoxy) is 1. The Morgan fingerprint density at radius 2 is 1.55 bits per heavy atom. The van der Waals surface area contributed by atoms with Crippen LogP contribution in [0.1, 0.15) is 23.1 Å². The summed E-state index contributed by atoms with van der Waals surface area (Å²) in [6.45, 7) is 0.453. The van der Waals surface area contributed by atoms with Crippen LogP contribution >= 0.6 is 0 Å². The zero-order chi connectivity index (χ0) is 19.9. The van der Waals surface area contributed by atoms with E-state index in [-0.39, 0.29) is 18.6 Å². The second-order valence-corrected chi connectivity index (χ2v) is 6.66. The van der Waals surface area contributed by atoms with Gasteiger partial charge in [0.25, 0.3) is 0 Å². The first kappa shape index (κ1) is 18.8. The molecule has 2 aromatic carbocycles. The number of benzene rings is 2. The number of amides is 1. The van der Waals surface area contributed by atoms with E-state index in [1.165, 1.54) is 0 Å². The van der Waals surface area contributed by atoms with E-state index in [9.17, 15) is 4.79 Å². The summed E-state index contributed by atoms with van der Waals surface area (Å²) in [5.74, 6) is 0.656. The first-order valence-electron chi connectivity index (χ1n) is 9.58. The Bertz CT molecular complexity index is 1020. The number of pyridine rings is 1. The number of hydrogen-bond donors (Lipinski definition) is 1. The summed E-state index contributed by atoms with van der Waals surface area (Å²) >= 11 is 0. The lowest BCUT2D eigenvalue weighted by atomic mass is 10.0. The first-order chi connectivity index (χ1) is 14.3. The second kappa shape index (κ2) is 9.12. The summed E-state index contributed by atoms with van der Waals surface area (Å²) in [7, 11) is 0. The van der Waals surface area contributed by atoms with Gasteiger partial charge in [-0.15, -0.1) is 10.2 Å². The largest absolute Gasteiger partial charge is 0.359 e. The first-order valence-corrected chi connectivity index (χ1v) is 9.58. The number of carbonyl (C=O) groups excluding carboxylic acids is 1. The summed E-state index contributed by atoms with van der Waals surface area (Å²) in [6, 6.07) is 25.6. The van der Waals surface area contributed by atoms with Gasteiger partial charge < -0.3 is 10.1 Å². The molecular weight excluding hydrogens is 364 g/mol. The maximum Gasteiger partial charge on any atom is 0.246 e. The predicted molar refractivity (Wildman–Crippen MR) is 110 cm³/mol. The number of rotatable bonds is 8. The summed E-state index contributed by atoms with van der Waals surface area (Å²) in [6.07, 6.45) is 2.22. The molecule has 4 rings (SSSR count). The fraction of sp³-hybridized carbons (Fsp3) is 0.174. The van der Waals surface area contributed by atoms with E-state index in [1.54, 1.807) is 0 Å². The summed E-state index contributed by atoms with van der Waals surface area (Å²) in [4.78, 5) is 12.3. The average molecular weight is 386 g/mol. The van der Waals surface area contributed by atoms with Crippen molar-refractivity contribution in [2.45, 2.75) is 12.5 Å². The molecule has 6 heteroatoms. The Labute approximate surface area is 169 Å². The zero-order valence-corrected chi connectivity index (χ0v) is 15.9. The van der Waals surface area contributed by atoms with Gasteiger partial charge in [0.05, 0.1) is 0 Å². The van der Waals surface area contributed by atoms with Crippen molar-refractivity contribution in [2.75, 3.05) is 13.2 Å². The quantitative estimate of drug-likeness (QED) is 0.505. The fourth-order valence-electron chi connectivity index (χ4n) is 3.23. The molecule has 0 aliphatic heterocycles. The van der Waals surface area contributed by atoms with E-state index < -0.39 is 0 Å². The van der Waals surface area contributed by atoms with Gasteiger partial charge in [0.15, 0.2) is 5.65 Å². The molecule has 29 heavy (non-hydrogen) atoms. The van der Waals surface area contributed by atoms with Crippen LogP contribution in [0.4, 0.5) is 0 Å². The molecule has 146 valence electrons. The number of nitrogens with one attached hydrogen (secondary N) is 1. The highest BCUT2D eigenvalue weighted by Gasteiger charge is 2.16. The maximum atomic E-state index is 12.3. The molecule has 2 heterocycles. The van der Waals surface area contributed by atoms with E-state index >= 15 is 0 Å². The molecular formula is C23H22N4O2. The standard InChI is InChI=1S/C23H22N4O2/c28-22(24-15-14-21-26-25-20-13-7-8-16-27(20)21)17-29-23(18-9-3-1-4-10-18)19-11-5-2-6-12-19/h1-13,16,23H,14-15,17H2,(H,24,28). The molecule has 0 aliphatic rings. The van der Waals surface area contributed by atoms with Crippen molar-refractivity contribution >= 4 is 11.6 Å². The molecule has 0 atom stereocenters.